The molecule has 1 aromatic carbocycles. The van der Waals surface area contributed by atoms with Gasteiger partial charge in [0.15, 0.2) is 0 Å². The van der Waals surface area contributed by atoms with E-state index in [4.69, 9.17) is 19.0 Å². The number of ketones is 1. The first-order valence-corrected chi connectivity index (χ1v) is 9.32. The molecule has 1 aliphatic rings. The van der Waals surface area contributed by atoms with Crippen LogP contribution in [0, 0.1) is 0 Å². The molecule has 8 heteroatoms. The number of benzene rings is 1. The van der Waals surface area contributed by atoms with Gasteiger partial charge in [-0.3, -0.25) is 9.59 Å². The van der Waals surface area contributed by atoms with Crippen molar-refractivity contribution in [2.45, 2.75) is 13.0 Å². The molecule has 1 amide bonds. The van der Waals surface area contributed by atoms with Crippen molar-refractivity contribution in [3.63, 3.8) is 0 Å². The highest BCUT2D eigenvalue weighted by Gasteiger charge is 2.47. The number of carbonyl (C=O) groups is 2. The fourth-order valence-corrected chi connectivity index (χ4v) is 3.21. The number of nitrogens with zero attached hydrogens (tertiary/aromatic N) is 1. The van der Waals surface area contributed by atoms with Crippen LogP contribution >= 0.6 is 0 Å². The van der Waals surface area contributed by atoms with E-state index in [2.05, 4.69) is 0 Å². The van der Waals surface area contributed by atoms with E-state index in [1.165, 1.54) is 11.2 Å². The van der Waals surface area contributed by atoms with Crippen molar-refractivity contribution < 1.29 is 33.7 Å². The molecule has 0 spiro atoms. The van der Waals surface area contributed by atoms with Gasteiger partial charge in [-0.25, -0.2) is 0 Å². The van der Waals surface area contributed by atoms with E-state index in [-0.39, 0.29) is 37.7 Å². The zero-order chi connectivity index (χ0) is 20.8. The standard InChI is InChI=1S/C21H23NO7/c1-2-28-15-7-5-14(6-8-15)19(24)17-18(16-4-3-11-29-16)22(21(26)20(17)25)9-12-27-13-10-23/h3-8,11,18,23-24H,2,9-10,12-13H2,1H3/b19-17+/t18-/m1/s1. The first kappa shape index (κ1) is 20.6. The number of ether oxygens (including phenoxy) is 2. The predicted molar refractivity (Wildman–Crippen MR) is 103 cm³/mol. The maximum absolute atomic E-state index is 12.7. The highest BCUT2D eigenvalue weighted by atomic mass is 16.5. The second-order valence-electron chi connectivity index (χ2n) is 6.30. The largest absolute Gasteiger partial charge is 0.507 e. The lowest BCUT2D eigenvalue weighted by Crippen LogP contribution is -2.33. The van der Waals surface area contributed by atoms with E-state index >= 15 is 0 Å². The summed E-state index contributed by atoms with van der Waals surface area (Å²) >= 11 is 0. The minimum Gasteiger partial charge on any atom is -0.507 e. The number of hydrogen-bond acceptors (Lipinski definition) is 7. The molecule has 1 aliphatic heterocycles. The molecule has 0 aliphatic carbocycles. The summed E-state index contributed by atoms with van der Waals surface area (Å²) in [5.74, 6) is -0.829. The molecule has 1 atom stereocenters. The minimum absolute atomic E-state index is 0.0451. The van der Waals surface area contributed by atoms with Crippen LogP contribution in [0.5, 0.6) is 5.75 Å². The molecule has 0 radical (unpaired) electrons. The van der Waals surface area contributed by atoms with E-state index in [9.17, 15) is 14.7 Å². The number of rotatable bonds is 9. The Balaban J connectivity index is 1.97. The normalized spacial score (nSPS) is 18.4. The van der Waals surface area contributed by atoms with Crippen LogP contribution in [-0.4, -0.2) is 59.8 Å². The molecule has 0 bridgehead atoms. The molecule has 29 heavy (non-hydrogen) atoms. The van der Waals surface area contributed by atoms with Crippen molar-refractivity contribution in [2.24, 2.45) is 0 Å². The average Bonchev–Trinajstić information content (AvgIpc) is 3.34. The lowest BCUT2D eigenvalue weighted by Gasteiger charge is -2.23. The third-order valence-electron chi connectivity index (χ3n) is 4.50. The van der Waals surface area contributed by atoms with Gasteiger partial charge in [-0.2, -0.15) is 0 Å². The molecule has 0 saturated carbocycles. The smallest absolute Gasteiger partial charge is 0.295 e. The maximum Gasteiger partial charge on any atom is 0.295 e. The van der Waals surface area contributed by atoms with Crippen LogP contribution in [0.2, 0.25) is 0 Å². The summed E-state index contributed by atoms with van der Waals surface area (Å²) in [5.41, 5.74) is 0.343. The second kappa shape index (κ2) is 9.40. The number of aliphatic hydroxyl groups is 2. The number of hydrogen-bond donors (Lipinski definition) is 2. The van der Waals surface area contributed by atoms with Gasteiger partial charge in [-0.05, 0) is 43.3 Å². The monoisotopic (exact) mass is 401 g/mol. The number of amides is 1. The second-order valence-corrected chi connectivity index (χ2v) is 6.30. The Morgan fingerprint density at radius 1 is 1.17 bits per heavy atom. The molecule has 1 fully saturated rings. The summed E-state index contributed by atoms with van der Waals surface area (Å²) in [4.78, 5) is 26.7. The van der Waals surface area contributed by atoms with Crippen molar-refractivity contribution in [3.8, 4) is 5.75 Å². The maximum atomic E-state index is 12.7. The molecule has 3 rings (SSSR count). The summed E-state index contributed by atoms with van der Waals surface area (Å²) in [7, 11) is 0. The van der Waals surface area contributed by atoms with Gasteiger partial charge in [-0.15, -0.1) is 0 Å². The van der Waals surface area contributed by atoms with E-state index in [1.807, 2.05) is 6.92 Å². The van der Waals surface area contributed by atoms with Crippen LogP contribution < -0.4 is 4.74 Å². The van der Waals surface area contributed by atoms with Gasteiger partial charge >= 0.3 is 0 Å². The van der Waals surface area contributed by atoms with E-state index in [0.29, 0.717) is 23.7 Å². The third-order valence-corrected chi connectivity index (χ3v) is 4.50. The van der Waals surface area contributed by atoms with Crippen molar-refractivity contribution in [2.75, 3.05) is 33.0 Å². The molecule has 1 saturated heterocycles. The van der Waals surface area contributed by atoms with Gasteiger partial charge in [0.05, 0.1) is 38.3 Å². The van der Waals surface area contributed by atoms with Crippen molar-refractivity contribution in [3.05, 3.63) is 59.6 Å². The first-order valence-electron chi connectivity index (χ1n) is 9.32. The summed E-state index contributed by atoms with van der Waals surface area (Å²) in [6, 6.07) is 9.03. The van der Waals surface area contributed by atoms with Gasteiger partial charge in [0, 0.05) is 12.1 Å². The van der Waals surface area contributed by atoms with E-state index in [0.717, 1.165) is 0 Å². The first-order chi connectivity index (χ1) is 14.1. The number of likely N-dealkylation sites (tertiary alicyclic amines) is 1. The highest BCUT2D eigenvalue weighted by molar-refractivity contribution is 6.46. The minimum atomic E-state index is -0.866. The Hall–Kier alpha value is -3.10. The number of carbonyl (C=O) groups excluding carboxylic acids is 2. The van der Waals surface area contributed by atoms with E-state index < -0.39 is 17.7 Å². The van der Waals surface area contributed by atoms with Gasteiger partial charge in [0.2, 0.25) is 0 Å². The zero-order valence-electron chi connectivity index (χ0n) is 16.0. The number of furan rings is 1. The Kier molecular flexibility index (Phi) is 6.69. The number of aliphatic hydroxyl groups excluding tert-OH is 2. The molecular weight excluding hydrogens is 378 g/mol. The van der Waals surface area contributed by atoms with Gasteiger partial charge in [0.25, 0.3) is 11.7 Å². The molecule has 154 valence electrons. The van der Waals surface area contributed by atoms with Crippen molar-refractivity contribution >= 4 is 17.4 Å². The fourth-order valence-electron chi connectivity index (χ4n) is 3.21. The molecule has 2 N–H and O–H groups in total. The zero-order valence-corrected chi connectivity index (χ0v) is 16.0. The van der Waals surface area contributed by atoms with Crippen LogP contribution in [0.4, 0.5) is 0 Å². The highest BCUT2D eigenvalue weighted by Crippen LogP contribution is 2.39. The van der Waals surface area contributed by atoms with Crippen LogP contribution in [-0.2, 0) is 14.3 Å². The van der Waals surface area contributed by atoms with Crippen LogP contribution in [0.3, 0.4) is 0 Å². The molecule has 0 unspecified atom stereocenters. The lowest BCUT2D eigenvalue weighted by molar-refractivity contribution is -0.140. The quantitative estimate of drug-likeness (QED) is 0.287. The molecular formula is C21H23NO7. The van der Waals surface area contributed by atoms with Crippen LogP contribution in [0.1, 0.15) is 24.3 Å². The molecule has 8 nitrogen and oxygen atoms in total. The van der Waals surface area contributed by atoms with E-state index in [1.54, 1.807) is 36.4 Å². The summed E-state index contributed by atoms with van der Waals surface area (Å²) in [6.45, 7) is 2.60. The average molecular weight is 401 g/mol. The molecule has 2 heterocycles. The summed E-state index contributed by atoms with van der Waals surface area (Å²) in [6.07, 6.45) is 1.44. The van der Waals surface area contributed by atoms with Gasteiger partial charge in [-0.1, -0.05) is 0 Å². The van der Waals surface area contributed by atoms with Gasteiger partial charge in [0.1, 0.15) is 23.3 Å². The fraction of sp³-hybridized carbons (Fsp3) is 0.333. The lowest BCUT2D eigenvalue weighted by atomic mass is 9.99. The van der Waals surface area contributed by atoms with Crippen LogP contribution in [0.25, 0.3) is 5.76 Å². The van der Waals surface area contributed by atoms with Crippen LogP contribution in [0.15, 0.2) is 52.7 Å². The predicted octanol–water partition coefficient (Wildman–Crippen LogP) is 2.11. The Morgan fingerprint density at radius 2 is 1.93 bits per heavy atom. The Morgan fingerprint density at radius 3 is 2.55 bits per heavy atom. The SMILES string of the molecule is CCOc1ccc(/C(O)=C2\C(=O)C(=O)N(CCOCCO)[C@@H]2c2ccco2)cc1. The Labute approximate surface area is 168 Å². The topological polar surface area (TPSA) is 109 Å². The summed E-state index contributed by atoms with van der Waals surface area (Å²) in [5, 5.41) is 19.7. The van der Waals surface area contributed by atoms with Gasteiger partial charge < -0.3 is 29.0 Å². The summed E-state index contributed by atoms with van der Waals surface area (Å²) < 4.78 is 16.1. The third kappa shape index (κ3) is 4.33. The van der Waals surface area contributed by atoms with Crippen molar-refractivity contribution in [1.82, 2.24) is 4.90 Å². The number of Topliss-reactive ketones (excluding diaryl/α,β-unsaturated/α-hetero) is 1. The molecule has 1 aromatic heterocycles. The molecule has 2 aromatic rings. The Bertz CT molecular complexity index is 871. The van der Waals surface area contributed by atoms with Crippen molar-refractivity contribution in [1.29, 1.82) is 0 Å².